The van der Waals surface area contributed by atoms with Gasteiger partial charge < -0.3 is 9.47 Å². The molecule has 0 saturated heterocycles. The summed E-state index contributed by atoms with van der Waals surface area (Å²) in [4.78, 5) is 16.2. The Hall–Kier alpha value is -1.81. The molecule has 0 radical (unpaired) electrons. The summed E-state index contributed by atoms with van der Waals surface area (Å²) < 4.78 is 10.9. The summed E-state index contributed by atoms with van der Waals surface area (Å²) in [5, 5.41) is 1.13. The lowest BCUT2D eigenvalue weighted by atomic mass is 10.1. The van der Waals surface area contributed by atoms with E-state index in [9.17, 15) is 4.79 Å². The molecule has 0 fully saturated rings. The lowest BCUT2D eigenvalue weighted by Gasteiger charge is -2.25. The van der Waals surface area contributed by atoms with E-state index < -0.39 is 11.6 Å². The maximum Gasteiger partial charge on any atom is 0.349 e. The van der Waals surface area contributed by atoms with Crippen molar-refractivity contribution in [2.24, 2.45) is 0 Å². The van der Waals surface area contributed by atoms with Crippen LogP contribution >= 0.6 is 11.6 Å². The molecule has 0 aliphatic carbocycles. The zero-order chi connectivity index (χ0) is 15.6. The minimum absolute atomic E-state index is 0.308. The number of carbonyl (C=O) groups is 1. The minimum atomic E-state index is -1.10. The highest BCUT2D eigenvalue weighted by atomic mass is 35.5. The molecule has 5 heteroatoms. The number of aromatic nitrogens is 1. The molecule has 0 unspecified atom stereocenters. The molecular weight excluding hydrogens is 290 g/mol. The van der Waals surface area contributed by atoms with Gasteiger partial charge >= 0.3 is 5.97 Å². The Morgan fingerprint density at radius 3 is 2.71 bits per heavy atom. The molecule has 2 rings (SSSR count). The normalized spacial score (nSPS) is 11.5. The van der Waals surface area contributed by atoms with Gasteiger partial charge in [-0.1, -0.05) is 17.7 Å². The monoisotopic (exact) mass is 307 g/mol. The van der Waals surface area contributed by atoms with Crippen molar-refractivity contribution in [2.45, 2.75) is 33.3 Å². The number of ether oxygens (including phenoxy) is 2. The fourth-order valence-corrected chi connectivity index (χ4v) is 2.17. The molecular formula is C16H18ClNO3. The zero-order valence-corrected chi connectivity index (χ0v) is 13.3. The summed E-state index contributed by atoms with van der Waals surface area (Å²) in [6.45, 7) is 7.38. The summed E-state index contributed by atoms with van der Waals surface area (Å²) in [6, 6.07) is 7.40. The Morgan fingerprint density at radius 1 is 1.33 bits per heavy atom. The number of benzene rings is 1. The molecule has 0 N–H and O–H groups in total. The van der Waals surface area contributed by atoms with Crippen LogP contribution in [0, 0.1) is 6.92 Å². The SMILES string of the molecule is CCOC(=O)C(C)(C)Oc1cc(Cl)nc2cc(C)ccc12. The first-order valence-electron chi connectivity index (χ1n) is 6.76. The average Bonchev–Trinajstić information content (AvgIpc) is 2.37. The fraction of sp³-hybridized carbons (Fsp3) is 0.375. The van der Waals surface area contributed by atoms with Gasteiger partial charge in [0.25, 0.3) is 0 Å². The van der Waals surface area contributed by atoms with Crippen LogP contribution in [0.25, 0.3) is 10.9 Å². The predicted octanol–water partition coefficient (Wildman–Crippen LogP) is 3.92. The summed E-state index contributed by atoms with van der Waals surface area (Å²) >= 11 is 6.04. The summed E-state index contributed by atoms with van der Waals surface area (Å²) in [6.07, 6.45) is 0. The highest BCUT2D eigenvalue weighted by Gasteiger charge is 2.32. The maximum atomic E-state index is 11.9. The molecule has 1 heterocycles. The van der Waals surface area contributed by atoms with Gasteiger partial charge in [0.2, 0.25) is 0 Å². The van der Waals surface area contributed by atoms with Gasteiger partial charge in [0.1, 0.15) is 10.9 Å². The number of hydrogen-bond acceptors (Lipinski definition) is 4. The number of halogens is 1. The van der Waals surface area contributed by atoms with Gasteiger partial charge in [-0.15, -0.1) is 0 Å². The van der Waals surface area contributed by atoms with Crippen LogP contribution in [0.4, 0.5) is 0 Å². The van der Waals surface area contributed by atoms with Gasteiger partial charge in [-0.3, -0.25) is 0 Å². The van der Waals surface area contributed by atoms with Crippen molar-refractivity contribution in [1.82, 2.24) is 4.98 Å². The highest BCUT2D eigenvalue weighted by Crippen LogP contribution is 2.31. The van der Waals surface area contributed by atoms with Crippen LogP contribution in [0.2, 0.25) is 5.15 Å². The molecule has 1 aromatic carbocycles. The number of nitrogens with zero attached hydrogens (tertiary/aromatic N) is 1. The molecule has 0 atom stereocenters. The van der Waals surface area contributed by atoms with Crippen LogP contribution < -0.4 is 4.74 Å². The van der Waals surface area contributed by atoms with E-state index in [1.54, 1.807) is 26.8 Å². The summed E-state index contributed by atoms with van der Waals surface area (Å²) in [5.74, 6) is 0.0984. The van der Waals surface area contributed by atoms with Gasteiger partial charge in [0.05, 0.1) is 12.1 Å². The highest BCUT2D eigenvalue weighted by molar-refractivity contribution is 6.30. The van der Waals surface area contributed by atoms with Crippen molar-refractivity contribution in [3.05, 3.63) is 35.0 Å². The Balaban J connectivity index is 2.44. The second-order valence-electron chi connectivity index (χ2n) is 5.30. The summed E-state index contributed by atoms with van der Waals surface area (Å²) in [5.41, 5.74) is 0.712. The van der Waals surface area contributed by atoms with Crippen LogP contribution in [0.5, 0.6) is 5.75 Å². The van der Waals surface area contributed by atoms with Crippen LogP contribution in [-0.4, -0.2) is 23.2 Å². The predicted molar refractivity (Wildman–Crippen MR) is 82.8 cm³/mol. The van der Waals surface area contributed by atoms with Crippen LogP contribution in [0.3, 0.4) is 0 Å². The quantitative estimate of drug-likeness (QED) is 0.634. The Labute approximate surface area is 129 Å². The van der Waals surface area contributed by atoms with Gasteiger partial charge in [-0.25, -0.2) is 9.78 Å². The second kappa shape index (κ2) is 5.90. The van der Waals surface area contributed by atoms with E-state index in [-0.39, 0.29) is 0 Å². The molecule has 1 aromatic heterocycles. The van der Waals surface area contributed by atoms with Gasteiger partial charge in [-0.05, 0) is 45.4 Å². The molecule has 2 aromatic rings. The van der Waals surface area contributed by atoms with Crippen LogP contribution in [0.15, 0.2) is 24.3 Å². The zero-order valence-electron chi connectivity index (χ0n) is 12.6. The molecule has 0 bridgehead atoms. The first kappa shape index (κ1) is 15.6. The third-order valence-electron chi connectivity index (χ3n) is 3.03. The third-order valence-corrected chi connectivity index (χ3v) is 3.22. The molecule has 0 aliphatic heterocycles. The first-order valence-corrected chi connectivity index (χ1v) is 7.14. The smallest absolute Gasteiger partial charge is 0.349 e. The van der Waals surface area contributed by atoms with E-state index in [0.717, 1.165) is 16.5 Å². The lowest BCUT2D eigenvalue weighted by molar-refractivity contribution is -0.158. The van der Waals surface area contributed by atoms with E-state index in [4.69, 9.17) is 21.1 Å². The third kappa shape index (κ3) is 3.45. The van der Waals surface area contributed by atoms with E-state index in [1.807, 2.05) is 25.1 Å². The lowest BCUT2D eigenvalue weighted by Crippen LogP contribution is -2.39. The molecule has 21 heavy (non-hydrogen) atoms. The molecule has 0 amide bonds. The number of pyridine rings is 1. The molecule has 4 nitrogen and oxygen atoms in total. The van der Waals surface area contributed by atoms with Crippen molar-refractivity contribution >= 4 is 28.5 Å². The second-order valence-corrected chi connectivity index (χ2v) is 5.68. The molecule has 0 aliphatic rings. The number of hydrogen-bond donors (Lipinski definition) is 0. The molecule has 0 saturated carbocycles. The molecule has 112 valence electrons. The van der Waals surface area contributed by atoms with Gasteiger partial charge in [0.15, 0.2) is 5.60 Å². The number of esters is 1. The Morgan fingerprint density at radius 2 is 2.05 bits per heavy atom. The Bertz CT molecular complexity index is 677. The van der Waals surface area contributed by atoms with Crippen LogP contribution in [-0.2, 0) is 9.53 Å². The van der Waals surface area contributed by atoms with E-state index in [1.165, 1.54) is 0 Å². The Kier molecular flexibility index (Phi) is 4.37. The fourth-order valence-electron chi connectivity index (χ4n) is 1.98. The van der Waals surface area contributed by atoms with E-state index >= 15 is 0 Å². The van der Waals surface area contributed by atoms with Gasteiger partial charge in [-0.2, -0.15) is 0 Å². The van der Waals surface area contributed by atoms with Crippen LogP contribution in [0.1, 0.15) is 26.3 Å². The maximum absolute atomic E-state index is 11.9. The van der Waals surface area contributed by atoms with E-state index in [2.05, 4.69) is 4.98 Å². The number of carbonyl (C=O) groups excluding carboxylic acids is 1. The number of aryl methyl sites for hydroxylation is 1. The average molecular weight is 308 g/mol. The number of rotatable bonds is 4. The van der Waals surface area contributed by atoms with Crippen molar-refractivity contribution in [2.75, 3.05) is 6.61 Å². The summed E-state index contributed by atoms with van der Waals surface area (Å²) in [7, 11) is 0. The standard InChI is InChI=1S/C16H18ClNO3/c1-5-20-15(19)16(3,4)21-13-9-14(17)18-12-8-10(2)6-7-11(12)13/h6-9H,5H2,1-4H3. The topological polar surface area (TPSA) is 48.4 Å². The van der Waals surface area contributed by atoms with E-state index in [0.29, 0.717) is 17.5 Å². The first-order chi connectivity index (χ1) is 9.83. The largest absolute Gasteiger partial charge is 0.475 e. The number of fused-ring (bicyclic) bond motifs is 1. The van der Waals surface area contributed by atoms with Crippen molar-refractivity contribution in [1.29, 1.82) is 0 Å². The van der Waals surface area contributed by atoms with Crippen molar-refractivity contribution < 1.29 is 14.3 Å². The minimum Gasteiger partial charge on any atom is -0.475 e. The van der Waals surface area contributed by atoms with Crippen molar-refractivity contribution in [3.8, 4) is 5.75 Å². The van der Waals surface area contributed by atoms with Gasteiger partial charge in [0, 0.05) is 11.5 Å². The molecule has 0 spiro atoms. The van der Waals surface area contributed by atoms with Crippen molar-refractivity contribution in [3.63, 3.8) is 0 Å².